The number of aryl methyl sites for hydroxylation is 2. The molecule has 1 unspecified atom stereocenters. The third-order valence-corrected chi connectivity index (χ3v) is 3.26. The Labute approximate surface area is 99.2 Å². The molecule has 1 rings (SSSR count). The molecule has 1 N–H and O–H groups in total. The zero-order valence-corrected chi connectivity index (χ0v) is 11.3. The monoisotopic (exact) mass is 223 g/mol. The number of nitrogens with one attached hydrogen (secondary N) is 1. The molecule has 0 aliphatic carbocycles. The maximum Gasteiger partial charge on any atom is 0.0625 e. The van der Waals surface area contributed by atoms with Gasteiger partial charge in [-0.2, -0.15) is 5.10 Å². The van der Waals surface area contributed by atoms with Crippen LogP contribution in [0, 0.1) is 20.8 Å². The molecule has 92 valence electrons. The Bertz CT molecular complexity index is 328. The van der Waals surface area contributed by atoms with Gasteiger partial charge in [-0.3, -0.25) is 4.68 Å². The van der Waals surface area contributed by atoms with Gasteiger partial charge in [0.25, 0.3) is 0 Å². The van der Waals surface area contributed by atoms with E-state index in [0.717, 1.165) is 25.2 Å². The van der Waals surface area contributed by atoms with E-state index in [-0.39, 0.29) is 0 Å². The Kier molecular flexibility index (Phi) is 5.00. The van der Waals surface area contributed by atoms with E-state index in [2.05, 4.69) is 49.7 Å². The van der Waals surface area contributed by atoms with Gasteiger partial charge in [0.15, 0.2) is 0 Å². The molecule has 1 aromatic heterocycles. The zero-order chi connectivity index (χ0) is 12.1. The molecule has 1 aromatic rings. The normalized spacial score (nSPS) is 13.1. The molecule has 3 nitrogen and oxygen atoms in total. The van der Waals surface area contributed by atoms with Gasteiger partial charge in [-0.15, -0.1) is 0 Å². The van der Waals surface area contributed by atoms with Crippen molar-refractivity contribution in [1.82, 2.24) is 15.1 Å². The molecule has 0 spiro atoms. The van der Waals surface area contributed by atoms with Crippen molar-refractivity contribution in [3.8, 4) is 0 Å². The van der Waals surface area contributed by atoms with E-state index in [4.69, 9.17) is 0 Å². The summed E-state index contributed by atoms with van der Waals surface area (Å²) < 4.78 is 2.13. The summed E-state index contributed by atoms with van der Waals surface area (Å²) >= 11 is 0. The second-order valence-electron chi connectivity index (χ2n) is 4.66. The summed E-state index contributed by atoms with van der Waals surface area (Å²) in [6.07, 6.45) is 2.34. The SMILES string of the molecule is CCCNC(C)CCn1nc(C)c(C)c1C. The standard InChI is InChI=1S/C13H25N3/c1-6-8-14-10(2)7-9-16-13(5)11(3)12(4)15-16/h10,14H,6-9H2,1-5H3. The van der Waals surface area contributed by atoms with Gasteiger partial charge >= 0.3 is 0 Å². The van der Waals surface area contributed by atoms with Gasteiger partial charge in [-0.1, -0.05) is 6.92 Å². The number of hydrogen-bond acceptors (Lipinski definition) is 2. The maximum atomic E-state index is 4.55. The van der Waals surface area contributed by atoms with Gasteiger partial charge in [-0.25, -0.2) is 0 Å². The third kappa shape index (κ3) is 3.34. The lowest BCUT2D eigenvalue weighted by molar-refractivity contribution is 0.454. The lowest BCUT2D eigenvalue weighted by Gasteiger charge is -2.13. The van der Waals surface area contributed by atoms with Crippen molar-refractivity contribution in [3.05, 3.63) is 17.0 Å². The molecule has 0 amide bonds. The van der Waals surface area contributed by atoms with Crippen molar-refractivity contribution in [1.29, 1.82) is 0 Å². The highest BCUT2D eigenvalue weighted by atomic mass is 15.3. The van der Waals surface area contributed by atoms with Gasteiger partial charge in [0.1, 0.15) is 0 Å². The van der Waals surface area contributed by atoms with E-state index in [0.29, 0.717) is 6.04 Å². The van der Waals surface area contributed by atoms with Crippen LogP contribution in [0.25, 0.3) is 0 Å². The van der Waals surface area contributed by atoms with Gasteiger partial charge in [-0.05, 0) is 52.6 Å². The molecule has 16 heavy (non-hydrogen) atoms. The topological polar surface area (TPSA) is 29.9 Å². The fourth-order valence-corrected chi connectivity index (χ4v) is 1.81. The molecule has 1 heterocycles. The van der Waals surface area contributed by atoms with Gasteiger partial charge in [0, 0.05) is 18.3 Å². The van der Waals surface area contributed by atoms with E-state index in [1.54, 1.807) is 0 Å². The summed E-state index contributed by atoms with van der Waals surface area (Å²) in [6, 6.07) is 0.573. The smallest absolute Gasteiger partial charge is 0.0625 e. The Balaban J connectivity index is 2.45. The first-order valence-corrected chi connectivity index (χ1v) is 6.30. The van der Waals surface area contributed by atoms with Crippen molar-refractivity contribution in [2.24, 2.45) is 0 Å². The Morgan fingerprint density at radius 3 is 2.50 bits per heavy atom. The van der Waals surface area contributed by atoms with E-state index in [1.807, 2.05) is 0 Å². The van der Waals surface area contributed by atoms with Crippen molar-refractivity contribution in [3.63, 3.8) is 0 Å². The average molecular weight is 223 g/mol. The largest absolute Gasteiger partial charge is 0.314 e. The maximum absolute atomic E-state index is 4.55. The molecule has 0 saturated heterocycles. The summed E-state index contributed by atoms with van der Waals surface area (Å²) in [7, 11) is 0. The molecular weight excluding hydrogens is 198 g/mol. The van der Waals surface area contributed by atoms with Crippen LogP contribution in [0.15, 0.2) is 0 Å². The average Bonchev–Trinajstić information content (AvgIpc) is 2.51. The van der Waals surface area contributed by atoms with Gasteiger partial charge in [0.2, 0.25) is 0 Å². The Morgan fingerprint density at radius 1 is 1.31 bits per heavy atom. The summed E-state index contributed by atoms with van der Waals surface area (Å²) in [4.78, 5) is 0. The van der Waals surface area contributed by atoms with Crippen molar-refractivity contribution < 1.29 is 0 Å². The fraction of sp³-hybridized carbons (Fsp3) is 0.769. The van der Waals surface area contributed by atoms with Crippen molar-refractivity contribution in [2.75, 3.05) is 6.54 Å². The van der Waals surface area contributed by atoms with Crippen LogP contribution in [0.3, 0.4) is 0 Å². The molecular formula is C13H25N3. The van der Waals surface area contributed by atoms with E-state index in [9.17, 15) is 0 Å². The number of rotatable bonds is 6. The summed E-state index contributed by atoms with van der Waals surface area (Å²) in [5, 5.41) is 8.05. The molecule has 0 aliphatic heterocycles. The predicted octanol–water partition coefficient (Wildman–Crippen LogP) is 2.59. The summed E-state index contributed by atoms with van der Waals surface area (Å²) in [5.74, 6) is 0. The quantitative estimate of drug-likeness (QED) is 0.803. The van der Waals surface area contributed by atoms with E-state index >= 15 is 0 Å². The highest BCUT2D eigenvalue weighted by Gasteiger charge is 2.08. The van der Waals surface area contributed by atoms with Crippen LogP contribution >= 0.6 is 0 Å². The molecule has 0 fully saturated rings. The van der Waals surface area contributed by atoms with Crippen LogP contribution in [-0.2, 0) is 6.54 Å². The van der Waals surface area contributed by atoms with Crippen LogP contribution in [0.1, 0.15) is 43.6 Å². The minimum Gasteiger partial charge on any atom is -0.314 e. The molecule has 3 heteroatoms. The molecule has 0 aliphatic rings. The van der Waals surface area contributed by atoms with Gasteiger partial charge < -0.3 is 5.32 Å². The van der Waals surface area contributed by atoms with Crippen molar-refractivity contribution >= 4 is 0 Å². The Hall–Kier alpha value is -0.830. The number of nitrogens with zero attached hydrogens (tertiary/aromatic N) is 2. The first kappa shape index (κ1) is 13.2. The van der Waals surface area contributed by atoms with Crippen LogP contribution < -0.4 is 5.32 Å². The zero-order valence-electron chi connectivity index (χ0n) is 11.3. The first-order chi connectivity index (χ1) is 7.56. The summed E-state index contributed by atoms with van der Waals surface area (Å²) in [5.41, 5.74) is 3.79. The third-order valence-electron chi connectivity index (χ3n) is 3.26. The Morgan fingerprint density at radius 2 is 2.00 bits per heavy atom. The highest BCUT2D eigenvalue weighted by Crippen LogP contribution is 2.11. The molecule has 0 aromatic carbocycles. The summed E-state index contributed by atoms with van der Waals surface area (Å²) in [6.45, 7) is 12.9. The minimum absolute atomic E-state index is 0.573. The first-order valence-electron chi connectivity index (χ1n) is 6.30. The lowest BCUT2D eigenvalue weighted by atomic mass is 10.2. The minimum atomic E-state index is 0.573. The van der Waals surface area contributed by atoms with Crippen LogP contribution in [0.5, 0.6) is 0 Å². The van der Waals surface area contributed by atoms with E-state index in [1.165, 1.54) is 17.7 Å². The highest BCUT2D eigenvalue weighted by molar-refractivity contribution is 5.21. The predicted molar refractivity (Wildman–Crippen MR) is 68.8 cm³/mol. The van der Waals surface area contributed by atoms with E-state index < -0.39 is 0 Å². The van der Waals surface area contributed by atoms with Crippen molar-refractivity contribution in [2.45, 2.75) is 60.0 Å². The second kappa shape index (κ2) is 6.04. The van der Waals surface area contributed by atoms with Crippen LogP contribution in [0.2, 0.25) is 0 Å². The molecule has 0 saturated carbocycles. The molecule has 0 bridgehead atoms. The lowest BCUT2D eigenvalue weighted by Crippen LogP contribution is -2.28. The number of aromatic nitrogens is 2. The second-order valence-corrected chi connectivity index (χ2v) is 4.66. The molecule has 1 atom stereocenters. The number of hydrogen-bond donors (Lipinski definition) is 1. The fourth-order valence-electron chi connectivity index (χ4n) is 1.81. The van der Waals surface area contributed by atoms with Crippen LogP contribution in [-0.4, -0.2) is 22.4 Å². The van der Waals surface area contributed by atoms with Gasteiger partial charge in [0.05, 0.1) is 5.69 Å². The van der Waals surface area contributed by atoms with Crippen LogP contribution in [0.4, 0.5) is 0 Å². The molecule has 0 radical (unpaired) electrons.